The van der Waals surface area contributed by atoms with Gasteiger partial charge in [0.1, 0.15) is 0 Å². The molecule has 1 aliphatic rings. The van der Waals surface area contributed by atoms with E-state index in [-0.39, 0.29) is 5.91 Å². The first-order chi connectivity index (χ1) is 9.10. The van der Waals surface area contributed by atoms with Crippen molar-refractivity contribution < 1.29 is 4.79 Å². The number of nitrogens with one attached hydrogen (secondary N) is 2. The van der Waals surface area contributed by atoms with E-state index in [0.717, 1.165) is 35.6 Å². The molecule has 1 amide bonds. The molecule has 104 valence electrons. The summed E-state index contributed by atoms with van der Waals surface area (Å²) in [6.07, 6.45) is 4.65. The fourth-order valence-corrected chi connectivity index (χ4v) is 2.73. The Bertz CT molecular complexity index is 448. The lowest BCUT2D eigenvalue weighted by Gasteiger charge is -2.27. The van der Waals surface area contributed by atoms with Crippen molar-refractivity contribution in [3.8, 4) is 0 Å². The Kier molecular flexibility index (Phi) is 4.46. The van der Waals surface area contributed by atoms with Crippen molar-refractivity contribution in [2.45, 2.75) is 45.6 Å². The first kappa shape index (κ1) is 13.9. The summed E-state index contributed by atoms with van der Waals surface area (Å²) in [6, 6.07) is 6.24. The molecule has 0 heterocycles. The van der Waals surface area contributed by atoms with Crippen molar-refractivity contribution in [2.75, 3.05) is 12.4 Å². The Labute approximate surface area is 115 Å². The van der Waals surface area contributed by atoms with E-state index in [0.29, 0.717) is 6.04 Å². The molecule has 1 aliphatic carbocycles. The molecule has 1 saturated carbocycles. The van der Waals surface area contributed by atoms with Gasteiger partial charge in [-0.1, -0.05) is 13.0 Å². The molecule has 0 aliphatic heterocycles. The third-order valence-corrected chi connectivity index (χ3v) is 4.04. The molecule has 1 fully saturated rings. The Morgan fingerprint density at radius 2 is 1.89 bits per heavy atom. The van der Waals surface area contributed by atoms with Crippen LogP contribution in [0, 0.1) is 12.8 Å². The molecule has 0 radical (unpaired) electrons. The number of carbonyl (C=O) groups excluding carboxylic acids is 1. The second kappa shape index (κ2) is 6.09. The number of rotatable bonds is 3. The van der Waals surface area contributed by atoms with Gasteiger partial charge >= 0.3 is 0 Å². The minimum absolute atomic E-state index is 0.0453. The number of hydrogen-bond donors (Lipinski definition) is 2. The van der Waals surface area contributed by atoms with E-state index < -0.39 is 0 Å². The van der Waals surface area contributed by atoms with Crippen molar-refractivity contribution in [3.05, 3.63) is 29.3 Å². The van der Waals surface area contributed by atoms with Crippen LogP contribution in [0.1, 0.15) is 48.5 Å². The maximum atomic E-state index is 12.3. The summed E-state index contributed by atoms with van der Waals surface area (Å²) in [5.41, 5.74) is 2.81. The molecule has 3 nitrogen and oxygen atoms in total. The second-order valence-corrected chi connectivity index (χ2v) is 5.73. The Balaban J connectivity index is 2.03. The Morgan fingerprint density at radius 3 is 2.53 bits per heavy atom. The number of carbonyl (C=O) groups is 1. The Hall–Kier alpha value is -1.51. The van der Waals surface area contributed by atoms with E-state index in [4.69, 9.17) is 0 Å². The zero-order valence-corrected chi connectivity index (χ0v) is 12.1. The molecule has 1 aromatic carbocycles. The van der Waals surface area contributed by atoms with E-state index in [9.17, 15) is 4.79 Å². The van der Waals surface area contributed by atoms with Crippen LogP contribution in [-0.2, 0) is 0 Å². The summed E-state index contributed by atoms with van der Waals surface area (Å²) < 4.78 is 0. The number of benzene rings is 1. The predicted molar refractivity (Wildman–Crippen MR) is 79.6 cm³/mol. The first-order valence-electron chi connectivity index (χ1n) is 7.19. The van der Waals surface area contributed by atoms with E-state index in [1.807, 2.05) is 32.2 Å². The highest BCUT2D eigenvalue weighted by molar-refractivity contribution is 5.99. The third-order valence-electron chi connectivity index (χ3n) is 4.04. The maximum absolute atomic E-state index is 12.3. The van der Waals surface area contributed by atoms with Crippen LogP contribution in [0.5, 0.6) is 0 Å². The predicted octanol–water partition coefficient (Wildman–Crippen LogP) is 3.35. The van der Waals surface area contributed by atoms with Crippen molar-refractivity contribution >= 4 is 11.6 Å². The summed E-state index contributed by atoms with van der Waals surface area (Å²) in [7, 11) is 1.86. The lowest BCUT2D eigenvalue weighted by molar-refractivity contribution is 0.0924. The van der Waals surface area contributed by atoms with E-state index in [2.05, 4.69) is 17.6 Å². The largest absolute Gasteiger partial charge is 0.387 e. The molecule has 19 heavy (non-hydrogen) atoms. The quantitative estimate of drug-likeness (QED) is 0.875. The van der Waals surface area contributed by atoms with Gasteiger partial charge in [-0.05, 0) is 56.2 Å². The molecule has 2 rings (SSSR count). The smallest absolute Gasteiger partial charge is 0.253 e. The van der Waals surface area contributed by atoms with Gasteiger partial charge in [0.2, 0.25) is 0 Å². The monoisotopic (exact) mass is 260 g/mol. The van der Waals surface area contributed by atoms with Gasteiger partial charge in [0.25, 0.3) is 5.91 Å². The van der Waals surface area contributed by atoms with E-state index in [1.54, 1.807) is 0 Å². The maximum Gasteiger partial charge on any atom is 0.253 e. The summed E-state index contributed by atoms with van der Waals surface area (Å²) in [6.45, 7) is 4.32. The third kappa shape index (κ3) is 3.49. The molecule has 0 atom stereocenters. The van der Waals surface area contributed by atoms with Crippen LogP contribution in [0.4, 0.5) is 5.69 Å². The van der Waals surface area contributed by atoms with Crippen LogP contribution in [0.25, 0.3) is 0 Å². The van der Waals surface area contributed by atoms with Crippen molar-refractivity contribution in [1.29, 1.82) is 0 Å². The highest BCUT2D eigenvalue weighted by atomic mass is 16.1. The van der Waals surface area contributed by atoms with Crippen LogP contribution in [0.15, 0.2) is 18.2 Å². The van der Waals surface area contributed by atoms with Gasteiger partial charge in [0.05, 0.1) is 5.56 Å². The van der Waals surface area contributed by atoms with Gasteiger partial charge in [0.15, 0.2) is 0 Å². The summed E-state index contributed by atoms with van der Waals surface area (Å²) in [5.74, 6) is 0.851. The topological polar surface area (TPSA) is 41.1 Å². The molecule has 3 heteroatoms. The van der Waals surface area contributed by atoms with Gasteiger partial charge in [-0.2, -0.15) is 0 Å². The van der Waals surface area contributed by atoms with Crippen LogP contribution in [0.2, 0.25) is 0 Å². The second-order valence-electron chi connectivity index (χ2n) is 5.73. The molecule has 0 aromatic heterocycles. The highest BCUT2D eigenvalue weighted by Gasteiger charge is 2.21. The fourth-order valence-electron chi connectivity index (χ4n) is 2.73. The highest BCUT2D eigenvalue weighted by Crippen LogP contribution is 2.24. The molecule has 0 bridgehead atoms. The molecular weight excluding hydrogens is 236 g/mol. The number of aryl methyl sites for hydroxylation is 1. The van der Waals surface area contributed by atoms with Crippen molar-refractivity contribution in [3.63, 3.8) is 0 Å². The van der Waals surface area contributed by atoms with Gasteiger partial charge in [0, 0.05) is 18.8 Å². The fraction of sp³-hybridized carbons (Fsp3) is 0.562. The molecule has 0 spiro atoms. The van der Waals surface area contributed by atoms with Gasteiger partial charge in [-0.3, -0.25) is 4.79 Å². The van der Waals surface area contributed by atoms with Gasteiger partial charge in [-0.15, -0.1) is 0 Å². The van der Waals surface area contributed by atoms with Crippen molar-refractivity contribution in [1.82, 2.24) is 5.32 Å². The number of hydrogen-bond acceptors (Lipinski definition) is 2. The zero-order valence-electron chi connectivity index (χ0n) is 12.1. The van der Waals surface area contributed by atoms with Crippen molar-refractivity contribution in [2.24, 2.45) is 5.92 Å². The molecular formula is C16H24N2O. The zero-order chi connectivity index (χ0) is 13.8. The SMILES string of the molecule is CNc1cc(C)ccc1C(=O)NC1CCC(C)CC1. The van der Waals surface area contributed by atoms with Crippen LogP contribution in [0.3, 0.4) is 0 Å². The molecule has 1 aromatic rings. The van der Waals surface area contributed by atoms with Gasteiger partial charge < -0.3 is 10.6 Å². The average molecular weight is 260 g/mol. The summed E-state index contributed by atoms with van der Waals surface area (Å²) >= 11 is 0. The lowest BCUT2D eigenvalue weighted by Crippen LogP contribution is -2.37. The Morgan fingerprint density at radius 1 is 1.21 bits per heavy atom. The molecule has 0 saturated heterocycles. The van der Waals surface area contributed by atoms with Gasteiger partial charge in [-0.25, -0.2) is 0 Å². The lowest BCUT2D eigenvalue weighted by atomic mass is 9.87. The van der Waals surface area contributed by atoms with Crippen LogP contribution < -0.4 is 10.6 Å². The number of anilines is 1. The van der Waals surface area contributed by atoms with Crippen LogP contribution >= 0.6 is 0 Å². The minimum atomic E-state index is 0.0453. The summed E-state index contributed by atoms with van der Waals surface area (Å²) in [4.78, 5) is 12.3. The molecule has 2 N–H and O–H groups in total. The first-order valence-corrected chi connectivity index (χ1v) is 7.19. The standard InChI is InChI=1S/C16H24N2O/c1-11-4-7-13(8-5-11)18-16(19)14-9-6-12(2)10-15(14)17-3/h6,9-11,13,17H,4-5,7-8H2,1-3H3,(H,18,19). The molecule has 0 unspecified atom stereocenters. The normalized spacial score (nSPS) is 22.9. The van der Waals surface area contributed by atoms with E-state index in [1.165, 1.54) is 12.8 Å². The average Bonchev–Trinajstić information content (AvgIpc) is 2.41. The van der Waals surface area contributed by atoms with Crippen LogP contribution in [-0.4, -0.2) is 19.0 Å². The van der Waals surface area contributed by atoms with E-state index >= 15 is 0 Å². The number of amides is 1. The minimum Gasteiger partial charge on any atom is -0.387 e. The summed E-state index contributed by atoms with van der Waals surface area (Å²) in [5, 5.41) is 6.27.